The minimum absolute atomic E-state index is 0.828. The number of hydrogen-bond acceptors (Lipinski definition) is 3. The van der Waals surface area contributed by atoms with Crippen LogP contribution in [-0.4, -0.2) is 23.8 Å². The maximum absolute atomic E-state index is 5.77. The van der Waals surface area contributed by atoms with Crippen molar-refractivity contribution in [3.8, 4) is 0 Å². The Balaban J connectivity index is 2.14. The predicted octanol–water partition coefficient (Wildman–Crippen LogP) is 1.83. The third-order valence-electron chi connectivity index (χ3n) is 1.79. The second kappa shape index (κ2) is 4.67. The molecule has 0 bridgehead atoms. The van der Waals surface area contributed by atoms with Gasteiger partial charge in [0.05, 0.1) is 0 Å². The van der Waals surface area contributed by atoms with Gasteiger partial charge in [-0.05, 0) is 0 Å². The van der Waals surface area contributed by atoms with E-state index in [0.29, 0.717) is 0 Å². The molecule has 0 aliphatic carbocycles. The summed E-state index contributed by atoms with van der Waals surface area (Å²) in [5.41, 5.74) is 6.69. The molecule has 2 rings (SSSR count). The molecule has 0 spiro atoms. The van der Waals surface area contributed by atoms with Crippen LogP contribution in [0.2, 0.25) is 0 Å². The van der Waals surface area contributed by atoms with Gasteiger partial charge in [-0.25, -0.2) is 0 Å². The van der Waals surface area contributed by atoms with Crippen LogP contribution >= 0.6 is 20.0 Å². The first-order chi connectivity index (χ1) is 6.36. The van der Waals surface area contributed by atoms with Crippen LogP contribution in [0.1, 0.15) is 6.42 Å². The Morgan fingerprint density at radius 1 is 1.23 bits per heavy atom. The zero-order valence-corrected chi connectivity index (χ0v) is 10.8. The second-order valence-corrected chi connectivity index (χ2v) is 14.6. The fraction of sp³-hybridized carbons (Fsp3) is 0.333. The molecular weight excluding hydrogens is 261 g/mol. The zero-order valence-electron chi connectivity index (χ0n) is 7.27. The van der Waals surface area contributed by atoms with Gasteiger partial charge in [-0.15, -0.1) is 0 Å². The quantitative estimate of drug-likeness (QED) is 0.624. The van der Waals surface area contributed by atoms with Crippen LogP contribution in [-0.2, 0) is 0 Å². The summed E-state index contributed by atoms with van der Waals surface area (Å²) in [6.07, 6.45) is 1.38. The van der Waals surface area contributed by atoms with Gasteiger partial charge in [0.2, 0.25) is 0 Å². The zero-order chi connectivity index (χ0) is 9.10. The molecule has 0 radical (unpaired) electrons. The van der Waals surface area contributed by atoms with Gasteiger partial charge < -0.3 is 0 Å². The molecule has 1 nitrogen and oxygen atoms in total. The van der Waals surface area contributed by atoms with E-state index < -0.39 is 12.3 Å². The van der Waals surface area contributed by atoms with E-state index in [0.717, 1.165) is 5.69 Å². The van der Waals surface area contributed by atoms with E-state index in [-0.39, 0.29) is 0 Å². The Labute approximate surface area is 90.1 Å². The van der Waals surface area contributed by atoms with Crippen LogP contribution in [0.3, 0.4) is 0 Å². The Hall–Kier alpha value is 0.278. The molecule has 2 N–H and O–H groups in total. The molecule has 1 heterocycles. The standard InChI is InChI=1S/C9H12AsNS2/c11-9-4-1-3-8(7-9)10-12-5-2-6-13-10/h1,3-4,7H,2,5-6,11H2. The minimum atomic E-state index is -0.828. The normalized spacial score (nSPS) is 18.8. The molecule has 13 heavy (non-hydrogen) atoms. The number of nitrogen functional groups attached to an aromatic ring is 1. The van der Waals surface area contributed by atoms with Crippen LogP contribution < -0.4 is 10.1 Å². The molecule has 0 unspecified atom stereocenters. The van der Waals surface area contributed by atoms with E-state index >= 15 is 0 Å². The van der Waals surface area contributed by atoms with Crippen molar-refractivity contribution in [2.45, 2.75) is 6.42 Å². The first-order valence-electron chi connectivity index (χ1n) is 4.28. The van der Waals surface area contributed by atoms with Gasteiger partial charge >= 0.3 is 90.4 Å². The number of nitrogens with two attached hydrogens (primary N) is 1. The van der Waals surface area contributed by atoms with Crippen molar-refractivity contribution in [1.82, 2.24) is 0 Å². The van der Waals surface area contributed by atoms with Crippen molar-refractivity contribution in [2.75, 3.05) is 17.2 Å². The summed E-state index contributed by atoms with van der Waals surface area (Å²) in [5.74, 6) is 2.70. The summed E-state index contributed by atoms with van der Waals surface area (Å²) in [4.78, 5) is 0. The second-order valence-electron chi connectivity index (χ2n) is 2.87. The molecule has 1 saturated heterocycles. The first-order valence-corrected chi connectivity index (χ1v) is 11.7. The summed E-state index contributed by atoms with van der Waals surface area (Å²) in [7, 11) is 4.36. The van der Waals surface area contributed by atoms with E-state index in [4.69, 9.17) is 5.73 Å². The average molecular weight is 273 g/mol. The molecule has 4 heteroatoms. The van der Waals surface area contributed by atoms with E-state index in [9.17, 15) is 0 Å². The van der Waals surface area contributed by atoms with Crippen molar-refractivity contribution in [2.24, 2.45) is 0 Å². The third kappa shape index (κ3) is 2.61. The first kappa shape index (κ1) is 9.82. The van der Waals surface area contributed by atoms with Crippen LogP contribution in [0.5, 0.6) is 0 Å². The molecule has 1 aliphatic rings. The van der Waals surface area contributed by atoms with Crippen molar-refractivity contribution < 1.29 is 0 Å². The van der Waals surface area contributed by atoms with Crippen molar-refractivity contribution >= 4 is 42.4 Å². The Bertz CT molecular complexity index is 287. The molecule has 0 atom stereocenters. The maximum atomic E-state index is 5.77. The molecule has 70 valence electrons. The molecule has 1 fully saturated rings. The number of benzene rings is 1. The van der Waals surface area contributed by atoms with Gasteiger partial charge in [-0.1, -0.05) is 0 Å². The van der Waals surface area contributed by atoms with Gasteiger partial charge in [0.15, 0.2) is 0 Å². The predicted molar refractivity (Wildman–Crippen MR) is 65.8 cm³/mol. The van der Waals surface area contributed by atoms with Gasteiger partial charge in [-0.2, -0.15) is 0 Å². The topological polar surface area (TPSA) is 26.0 Å². The van der Waals surface area contributed by atoms with Gasteiger partial charge in [0.25, 0.3) is 0 Å². The van der Waals surface area contributed by atoms with Gasteiger partial charge in [0, 0.05) is 0 Å². The fourth-order valence-electron chi connectivity index (χ4n) is 1.18. The molecule has 0 aromatic heterocycles. The van der Waals surface area contributed by atoms with Gasteiger partial charge in [-0.3, -0.25) is 0 Å². The summed E-state index contributed by atoms with van der Waals surface area (Å²) >= 11 is -0.828. The SMILES string of the molecule is Nc1cccc([As]2SCCCS2)c1. The molecule has 1 aromatic carbocycles. The Morgan fingerprint density at radius 2 is 2.00 bits per heavy atom. The molecule has 1 aliphatic heterocycles. The van der Waals surface area contributed by atoms with E-state index in [1.165, 1.54) is 22.3 Å². The fourth-order valence-corrected chi connectivity index (χ4v) is 14.3. The number of hydrogen-bond donors (Lipinski definition) is 1. The summed E-state index contributed by atoms with van der Waals surface area (Å²) in [5, 5.41) is 0. The van der Waals surface area contributed by atoms with E-state index in [1.54, 1.807) is 0 Å². The van der Waals surface area contributed by atoms with Crippen LogP contribution in [0.15, 0.2) is 24.3 Å². The van der Waals surface area contributed by atoms with E-state index in [1.807, 2.05) is 6.07 Å². The number of anilines is 1. The Morgan fingerprint density at radius 3 is 2.69 bits per heavy atom. The molecule has 0 amide bonds. The van der Waals surface area contributed by atoms with Crippen LogP contribution in [0, 0.1) is 0 Å². The summed E-state index contributed by atoms with van der Waals surface area (Å²) < 4.78 is 1.52. The monoisotopic (exact) mass is 273 g/mol. The van der Waals surface area contributed by atoms with Crippen molar-refractivity contribution in [3.05, 3.63) is 24.3 Å². The van der Waals surface area contributed by atoms with Crippen molar-refractivity contribution in [3.63, 3.8) is 0 Å². The van der Waals surface area contributed by atoms with Crippen LogP contribution in [0.25, 0.3) is 0 Å². The third-order valence-corrected chi connectivity index (χ3v) is 15.4. The van der Waals surface area contributed by atoms with Gasteiger partial charge in [0.1, 0.15) is 0 Å². The van der Waals surface area contributed by atoms with E-state index in [2.05, 4.69) is 38.2 Å². The summed E-state index contributed by atoms with van der Waals surface area (Å²) in [6.45, 7) is 0. The molecule has 1 aromatic rings. The molecular formula is C9H12AsNS2. The number of rotatable bonds is 1. The molecule has 0 saturated carbocycles. The summed E-state index contributed by atoms with van der Waals surface area (Å²) in [6, 6.07) is 8.44. The van der Waals surface area contributed by atoms with Crippen molar-refractivity contribution in [1.29, 1.82) is 0 Å². The van der Waals surface area contributed by atoms with Crippen LogP contribution in [0.4, 0.5) is 5.69 Å². The average Bonchev–Trinajstić information content (AvgIpc) is 2.19. The Kier molecular flexibility index (Phi) is 3.53.